The van der Waals surface area contributed by atoms with Crippen molar-refractivity contribution in [3.8, 4) is 0 Å². The number of carbonyl (C=O) groups excluding carboxylic acids is 1. The first-order valence-electron chi connectivity index (χ1n) is 5.04. The van der Waals surface area contributed by atoms with Crippen molar-refractivity contribution in [3.05, 3.63) is 33.8 Å². The van der Waals surface area contributed by atoms with Gasteiger partial charge < -0.3 is 0 Å². The van der Waals surface area contributed by atoms with Crippen LogP contribution in [0.25, 0.3) is 0 Å². The second-order valence-electron chi connectivity index (χ2n) is 3.77. The monoisotopic (exact) mass is 372 g/mol. The van der Waals surface area contributed by atoms with Gasteiger partial charge in [0.2, 0.25) is 0 Å². The Morgan fingerprint density at radius 1 is 1.39 bits per heavy atom. The van der Waals surface area contributed by atoms with E-state index in [1.54, 1.807) is 0 Å². The first-order chi connectivity index (χ1) is 8.13. The third-order valence-corrected chi connectivity index (χ3v) is 7.05. The third kappa shape index (κ3) is 2.90. The van der Waals surface area contributed by atoms with E-state index in [0.717, 1.165) is 0 Å². The lowest BCUT2D eigenvalue weighted by atomic mass is 10.1. The quantitative estimate of drug-likeness (QED) is 0.596. The maximum absolute atomic E-state index is 12.3. The number of rotatable bonds is 4. The highest BCUT2D eigenvalue weighted by atomic mass is 79.9. The number of hydrogen-bond acceptors (Lipinski definition) is 3. The Balaban J connectivity index is 3.31. The number of Topliss-reactive ketones (excluding diaryl/α,β-unsaturated/α-hetero) is 1. The number of alkyl halides is 1. The number of ketones is 1. The van der Waals surface area contributed by atoms with Crippen LogP contribution in [0.2, 0.25) is 10.0 Å². The summed E-state index contributed by atoms with van der Waals surface area (Å²) in [6, 6.07) is 4.30. The maximum atomic E-state index is 12.3. The molecule has 0 amide bonds. The van der Waals surface area contributed by atoms with E-state index in [1.165, 1.54) is 32.0 Å². The molecule has 1 aromatic carbocycles. The van der Waals surface area contributed by atoms with Crippen molar-refractivity contribution in [1.29, 1.82) is 0 Å². The number of hydrogen-bond donors (Lipinski definition) is 0. The SMILES string of the molecule is CCS(=O)(=O)[C@](C)(Br)C(=O)c1ccc(Cl)cc1Cl. The Labute approximate surface area is 125 Å². The minimum Gasteiger partial charge on any atom is -0.291 e. The third-order valence-electron chi connectivity index (χ3n) is 2.55. The number of sulfone groups is 1. The Kier molecular flexibility index (Phi) is 4.87. The smallest absolute Gasteiger partial charge is 0.195 e. The zero-order valence-electron chi connectivity index (χ0n) is 9.71. The zero-order chi connectivity index (χ0) is 14.1. The summed E-state index contributed by atoms with van der Waals surface area (Å²) in [5.41, 5.74) is 0.123. The van der Waals surface area contributed by atoms with Gasteiger partial charge in [0.1, 0.15) is 0 Å². The van der Waals surface area contributed by atoms with Crippen LogP contribution in [0, 0.1) is 0 Å². The lowest BCUT2D eigenvalue weighted by Crippen LogP contribution is -2.38. The molecule has 1 atom stereocenters. The molecule has 100 valence electrons. The Bertz CT molecular complexity index is 582. The van der Waals surface area contributed by atoms with E-state index in [1.807, 2.05) is 0 Å². The molecule has 0 aliphatic rings. The molecular weight excluding hydrogens is 363 g/mol. The fraction of sp³-hybridized carbons (Fsp3) is 0.364. The lowest BCUT2D eigenvalue weighted by Gasteiger charge is -2.21. The molecule has 0 radical (unpaired) electrons. The summed E-state index contributed by atoms with van der Waals surface area (Å²) in [7, 11) is -3.60. The van der Waals surface area contributed by atoms with Gasteiger partial charge in [-0.3, -0.25) is 4.79 Å². The molecule has 0 aliphatic carbocycles. The van der Waals surface area contributed by atoms with Crippen LogP contribution in [0.5, 0.6) is 0 Å². The summed E-state index contributed by atoms with van der Waals surface area (Å²) in [4.78, 5) is 12.3. The fourth-order valence-electron chi connectivity index (χ4n) is 1.33. The largest absolute Gasteiger partial charge is 0.291 e. The van der Waals surface area contributed by atoms with Crippen molar-refractivity contribution >= 4 is 54.8 Å². The van der Waals surface area contributed by atoms with Gasteiger partial charge in [-0.15, -0.1) is 0 Å². The number of halogens is 3. The van der Waals surface area contributed by atoms with Gasteiger partial charge in [-0.1, -0.05) is 46.1 Å². The van der Waals surface area contributed by atoms with E-state index < -0.39 is 19.3 Å². The van der Waals surface area contributed by atoms with Crippen molar-refractivity contribution in [2.24, 2.45) is 0 Å². The molecule has 0 spiro atoms. The summed E-state index contributed by atoms with van der Waals surface area (Å²) < 4.78 is 22.1. The molecule has 0 aliphatic heterocycles. The van der Waals surface area contributed by atoms with Crippen LogP contribution in [-0.2, 0) is 9.84 Å². The summed E-state index contributed by atoms with van der Waals surface area (Å²) >= 11 is 14.6. The molecule has 0 saturated heterocycles. The van der Waals surface area contributed by atoms with Crippen molar-refractivity contribution in [1.82, 2.24) is 0 Å². The molecule has 3 nitrogen and oxygen atoms in total. The predicted molar refractivity (Wildman–Crippen MR) is 77.6 cm³/mol. The van der Waals surface area contributed by atoms with Crippen LogP contribution in [0.3, 0.4) is 0 Å². The molecule has 0 N–H and O–H groups in total. The minimum absolute atomic E-state index is 0.123. The molecule has 0 aromatic heterocycles. The molecule has 1 aromatic rings. The Hall–Kier alpha value is -0.100. The molecule has 7 heteroatoms. The highest BCUT2D eigenvalue weighted by Gasteiger charge is 2.43. The van der Waals surface area contributed by atoms with Crippen LogP contribution in [-0.4, -0.2) is 23.6 Å². The van der Waals surface area contributed by atoms with Crippen LogP contribution in [0.4, 0.5) is 0 Å². The minimum atomic E-state index is -3.60. The van der Waals surface area contributed by atoms with Crippen LogP contribution >= 0.6 is 39.1 Å². The Morgan fingerprint density at radius 3 is 2.39 bits per heavy atom. The molecule has 0 saturated carbocycles. The predicted octanol–water partition coefficient (Wildman–Crippen LogP) is 3.72. The van der Waals surface area contributed by atoms with E-state index in [2.05, 4.69) is 15.9 Å². The van der Waals surface area contributed by atoms with Gasteiger partial charge in [0.05, 0.1) is 5.02 Å². The van der Waals surface area contributed by atoms with Crippen LogP contribution < -0.4 is 0 Å². The first-order valence-corrected chi connectivity index (χ1v) is 8.24. The van der Waals surface area contributed by atoms with Gasteiger partial charge >= 0.3 is 0 Å². The first kappa shape index (κ1) is 16.0. The topological polar surface area (TPSA) is 51.2 Å². The standard InChI is InChI=1S/C11H11BrCl2O3S/c1-3-18(16,17)11(2,12)10(15)8-5-4-7(13)6-9(8)14/h4-6H,3H2,1-2H3/t11-/m0/s1. The molecule has 1 rings (SSSR count). The van der Waals surface area contributed by atoms with Crippen molar-refractivity contribution < 1.29 is 13.2 Å². The Morgan fingerprint density at radius 2 is 1.94 bits per heavy atom. The van der Waals surface area contributed by atoms with Crippen molar-refractivity contribution in [3.63, 3.8) is 0 Å². The van der Waals surface area contributed by atoms with Gasteiger partial charge in [-0.05, 0) is 25.1 Å². The van der Waals surface area contributed by atoms with E-state index in [-0.39, 0.29) is 16.3 Å². The van der Waals surface area contributed by atoms with E-state index in [9.17, 15) is 13.2 Å². The molecule has 18 heavy (non-hydrogen) atoms. The van der Waals surface area contributed by atoms with Crippen LogP contribution in [0.1, 0.15) is 24.2 Å². The number of benzene rings is 1. The van der Waals surface area contributed by atoms with Gasteiger partial charge in [-0.2, -0.15) is 0 Å². The van der Waals surface area contributed by atoms with Gasteiger partial charge in [0.15, 0.2) is 19.3 Å². The molecular formula is C11H11BrCl2O3S. The second-order valence-corrected chi connectivity index (χ2v) is 9.35. The summed E-state index contributed by atoms with van der Waals surface area (Å²) in [6.45, 7) is 2.78. The maximum Gasteiger partial charge on any atom is 0.195 e. The van der Waals surface area contributed by atoms with E-state index in [4.69, 9.17) is 23.2 Å². The molecule has 0 unspecified atom stereocenters. The van der Waals surface area contributed by atoms with Crippen molar-refractivity contribution in [2.75, 3.05) is 5.75 Å². The van der Waals surface area contributed by atoms with Gasteiger partial charge in [0.25, 0.3) is 0 Å². The molecule has 0 heterocycles. The highest BCUT2D eigenvalue weighted by molar-refractivity contribution is 9.12. The summed E-state index contributed by atoms with van der Waals surface area (Å²) in [5.74, 6) is -0.753. The summed E-state index contributed by atoms with van der Waals surface area (Å²) in [5, 5.41) is 0.510. The van der Waals surface area contributed by atoms with Gasteiger partial charge in [0, 0.05) is 16.3 Å². The fourth-order valence-corrected chi connectivity index (χ4v) is 3.66. The highest BCUT2D eigenvalue weighted by Crippen LogP contribution is 2.33. The van der Waals surface area contributed by atoms with Crippen LogP contribution in [0.15, 0.2) is 18.2 Å². The van der Waals surface area contributed by atoms with E-state index in [0.29, 0.717) is 5.02 Å². The lowest BCUT2D eigenvalue weighted by molar-refractivity contribution is 0.0983. The summed E-state index contributed by atoms with van der Waals surface area (Å²) in [6.07, 6.45) is 0. The second kappa shape index (κ2) is 5.49. The van der Waals surface area contributed by atoms with E-state index >= 15 is 0 Å². The zero-order valence-corrected chi connectivity index (χ0v) is 13.6. The average Bonchev–Trinajstić information content (AvgIpc) is 2.28. The normalized spacial score (nSPS) is 15.2. The number of carbonyl (C=O) groups is 1. The molecule has 0 fully saturated rings. The van der Waals surface area contributed by atoms with Crippen molar-refractivity contribution in [2.45, 2.75) is 17.5 Å². The molecule has 0 bridgehead atoms. The van der Waals surface area contributed by atoms with Gasteiger partial charge in [-0.25, -0.2) is 8.42 Å². The average molecular weight is 374 g/mol.